The predicted octanol–water partition coefficient (Wildman–Crippen LogP) is -0.547. The first-order valence-corrected chi connectivity index (χ1v) is 4.61. The summed E-state index contributed by atoms with van der Waals surface area (Å²) in [5.41, 5.74) is 1.38. The van der Waals surface area contributed by atoms with Gasteiger partial charge in [0.2, 0.25) is 0 Å². The minimum absolute atomic E-state index is 0. The van der Waals surface area contributed by atoms with E-state index >= 15 is 0 Å². The number of halogens is 1. The van der Waals surface area contributed by atoms with E-state index in [4.69, 9.17) is 0 Å². The number of rotatable bonds is 4. The second-order valence-electron chi connectivity index (χ2n) is 4.05. The van der Waals surface area contributed by atoms with Crippen molar-refractivity contribution in [2.24, 2.45) is 0 Å². The molecule has 1 aromatic rings. The topological polar surface area (TPSA) is 0 Å². The number of likely N-dealkylation sites (N-methyl/N-ethyl adjacent to an activating group) is 1. The van der Waals surface area contributed by atoms with Crippen LogP contribution in [0.1, 0.15) is 5.56 Å². The molecule has 0 spiro atoms. The lowest BCUT2D eigenvalue weighted by Crippen LogP contribution is -3.00. The Balaban J connectivity index is 0.00000169. The van der Waals surface area contributed by atoms with Gasteiger partial charge in [0, 0.05) is 5.56 Å². The molecule has 0 heterocycles. The molecule has 0 radical (unpaired) electrons. The third kappa shape index (κ3) is 4.58. The highest BCUT2D eigenvalue weighted by Gasteiger charge is 2.12. The van der Waals surface area contributed by atoms with E-state index in [2.05, 4.69) is 51.0 Å². The van der Waals surface area contributed by atoms with Crippen molar-refractivity contribution in [3.63, 3.8) is 0 Å². The maximum atomic E-state index is 3.77. The van der Waals surface area contributed by atoms with E-state index in [1.54, 1.807) is 0 Å². The molecular formula is C12H18BrN. The molecule has 1 rings (SSSR count). The fraction of sp³-hybridized carbons (Fsp3) is 0.333. The molecule has 0 aliphatic carbocycles. The smallest absolute Gasteiger partial charge is 0.104 e. The highest BCUT2D eigenvalue weighted by Crippen LogP contribution is 2.08. The molecule has 0 aromatic heterocycles. The Bertz CT molecular complexity index is 267. The van der Waals surface area contributed by atoms with Crippen LogP contribution in [0.25, 0.3) is 0 Å². The zero-order chi connectivity index (χ0) is 9.73. The Hall–Kier alpha value is -0.600. The van der Waals surface area contributed by atoms with E-state index in [1.807, 2.05) is 6.08 Å². The van der Waals surface area contributed by atoms with E-state index in [9.17, 15) is 0 Å². The lowest BCUT2D eigenvalue weighted by molar-refractivity contribution is -0.897. The van der Waals surface area contributed by atoms with Crippen LogP contribution in [0.2, 0.25) is 0 Å². The summed E-state index contributed by atoms with van der Waals surface area (Å²) in [5.74, 6) is 0. The number of hydrogen-bond acceptors (Lipinski definition) is 0. The zero-order valence-corrected chi connectivity index (χ0v) is 10.5. The van der Waals surface area contributed by atoms with E-state index in [0.717, 1.165) is 17.6 Å². The third-order valence-electron chi connectivity index (χ3n) is 2.08. The van der Waals surface area contributed by atoms with Gasteiger partial charge >= 0.3 is 0 Å². The molecule has 0 atom stereocenters. The summed E-state index contributed by atoms with van der Waals surface area (Å²) in [6, 6.07) is 10.6. The first-order chi connectivity index (χ1) is 6.14. The summed E-state index contributed by atoms with van der Waals surface area (Å²) >= 11 is 0. The second kappa shape index (κ2) is 5.99. The number of quaternary nitrogens is 1. The van der Waals surface area contributed by atoms with Gasteiger partial charge in [-0.25, -0.2) is 0 Å². The summed E-state index contributed by atoms with van der Waals surface area (Å²) in [5, 5.41) is 0. The standard InChI is InChI=1S/C12H18N.BrH/c1-4-10-13(2,3)11-12-8-6-5-7-9-12;/h4-9H,1,10-11H2,2-3H3;1H/q+1;/p-1. The molecule has 0 N–H and O–H groups in total. The van der Waals surface area contributed by atoms with Crippen LogP contribution in [0.5, 0.6) is 0 Å². The molecule has 0 aliphatic rings. The molecule has 0 bridgehead atoms. The Kier molecular flexibility index (Phi) is 5.73. The summed E-state index contributed by atoms with van der Waals surface area (Å²) in [7, 11) is 4.43. The Labute approximate surface area is 97.4 Å². The highest BCUT2D eigenvalue weighted by molar-refractivity contribution is 5.13. The minimum Gasteiger partial charge on any atom is -1.00 e. The van der Waals surface area contributed by atoms with Gasteiger partial charge in [-0.2, -0.15) is 0 Å². The monoisotopic (exact) mass is 255 g/mol. The fourth-order valence-corrected chi connectivity index (χ4v) is 1.49. The maximum absolute atomic E-state index is 3.77. The van der Waals surface area contributed by atoms with Crippen molar-refractivity contribution in [3.05, 3.63) is 48.6 Å². The van der Waals surface area contributed by atoms with E-state index in [-0.39, 0.29) is 17.0 Å². The third-order valence-corrected chi connectivity index (χ3v) is 2.08. The molecule has 14 heavy (non-hydrogen) atoms. The highest BCUT2D eigenvalue weighted by atomic mass is 79.9. The van der Waals surface area contributed by atoms with Crippen molar-refractivity contribution in [1.82, 2.24) is 0 Å². The molecule has 0 fully saturated rings. The minimum atomic E-state index is 0. The van der Waals surface area contributed by atoms with Gasteiger partial charge in [-0.3, -0.25) is 0 Å². The molecule has 1 aromatic carbocycles. The van der Waals surface area contributed by atoms with Crippen LogP contribution < -0.4 is 17.0 Å². The van der Waals surface area contributed by atoms with Gasteiger partial charge in [0.1, 0.15) is 6.54 Å². The van der Waals surface area contributed by atoms with Crippen LogP contribution >= 0.6 is 0 Å². The van der Waals surface area contributed by atoms with Gasteiger partial charge in [-0.05, 0) is 6.08 Å². The lowest BCUT2D eigenvalue weighted by Gasteiger charge is -2.28. The van der Waals surface area contributed by atoms with Crippen molar-refractivity contribution < 1.29 is 21.5 Å². The van der Waals surface area contributed by atoms with Gasteiger partial charge in [-0.1, -0.05) is 36.9 Å². The van der Waals surface area contributed by atoms with Gasteiger partial charge in [0.05, 0.1) is 20.6 Å². The average Bonchev–Trinajstić information content (AvgIpc) is 2.04. The van der Waals surface area contributed by atoms with Crippen LogP contribution in [0, 0.1) is 0 Å². The molecular weight excluding hydrogens is 238 g/mol. The number of nitrogens with zero attached hydrogens (tertiary/aromatic N) is 1. The van der Waals surface area contributed by atoms with Gasteiger partial charge in [-0.15, -0.1) is 0 Å². The van der Waals surface area contributed by atoms with E-state index < -0.39 is 0 Å². The van der Waals surface area contributed by atoms with Crippen LogP contribution in [-0.2, 0) is 6.54 Å². The van der Waals surface area contributed by atoms with Crippen LogP contribution in [0.15, 0.2) is 43.0 Å². The Morgan fingerprint density at radius 2 is 1.79 bits per heavy atom. The van der Waals surface area contributed by atoms with Crippen molar-refractivity contribution in [2.45, 2.75) is 6.54 Å². The Morgan fingerprint density at radius 3 is 2.29 bits per heavy atom. The predicted molar refractivity (Wildman–Crippen MR) is 57.3 cm³/mol. The molecule has 0 saturated carbocycles. The molecule has 0 amide bonds. The van der Waals surface area contributed by atoms with Crippen molar-refractivity contribution in [2.75, 3.05) is 20.6 Å². The normalized spacial score (nSPS) is 10.4. The zero-order valence-electron chi connectivity index (χ0n) is 8.91. The average molecular weight is 256 g/mol. The molecule has 1 nitrogen and oxygen atoms in total. The summed E-state index contributed by atoms with van der Waals surface area (Å²) in [6.45, 7) is 5.84. The molecule has 0 aliphatic heterocycles. The quantitative estimate of drug-likeness (QED) is 0.501. The summed E-state index contributed by atoms with van der Waals surface area (Å²) < 4.78 is 0.966. The van der Waals surface area contributed by atoms with Crippen LogP contribution in [-0.4, -0.2) is 25.1 Å². The summed E-state index contributed by atoms with van der Waals surface area (Å²) in [6.07, 6.45) is 1.98. The van der Waals surface area contributed by atoms with Crippen LogP contribution in [0.3, 0.4) is 0 Å². The van der Waals surface area contributed by atoms with Gasteiger partial charge < -0.3 is 21.5 Å². The van der Waals surface area contributed by atoms with Gasteiger partial charge in [0.25, 0.3) is 0 Å². The molecule has 0 unspecified atom stereocenters. The molecule has 0 saturated heterocycles. The maximum Gasteiger partial charge on any atom is 0.104 e. The van der Waals surface area contributed by atoms with Crippen molar-refractivity contribution >= 4 is 0 Å². The Morgan fingerprint density at radius 1 is 1.21 bits per heavy atom. The lowest BCUT2D eigenvalue weighted by atomic mass is 10.2. The number of benzene rings is 1. The van der Waals surface area contributed by atoms with Gasteiger partial charge in [0.15, 0.2) is 0 Å². The molecule has 2 heteroatoms. The second-order valence-corrected chi connectivity index (χ2v) is 4.05. The number of hydrogen-bond donors (Lipinski definition) is 0. The summed E-state index contributed by atoms with van der Waals surface area (Å²) in [4.78, 5) is 0. The van der Waals surface area contributed by atoms with E-state index in [1.165, 1.54) is 5.56 Å². The molecule has 78 valence electrons. The SMILES string of the molecule is C=CC[N+](C)(C)Cc1ccccc1.[Br-]. The largest absolute Gasteiger partial charge is 1.00 e. The fourth-order valence-electron chi connectivity index (χ4n) is 1.49. The van der Waals surface area contributed by atoms with Crippen molar-refractivity contribution in [3.8, 4) is 0 Å². The first-order valence-electron chi connectivity index (χ1n) is 4.61. The van der Waals surface area contributed by atoms with E-state index in [0.29, 0.717) is 0 Å². The first kappa shape index (κ1) is 13.4. The van der Waals surface area contributed by atoms with Crippen molar-refractivity contribution in [1.29, 1.82) is 0 Å². The van der Waals surface area contributed by atoms with Crippen LogP contribution in [0.4, 0.5) is 0 Å².